The Morgan fingerprint density at radius 3 is 2.42 bits per heavy atom. The molecule has 2 N–H and O–H groups in total. The van der Waals surface area contributed by atoms with Gasteiger partial charge in [-0.2, -0.15) is 0 Å². The summed E-state index contributed by atoms with van der Waals surface area (Å²) in [6, 6.07) is 6.24. The van der Waals surface area contributed by atoms with E-state index in [0.29, 0.717) is 18.6 Å². The number of carbonyl (C=O) groups excluding carboxylic acids is 2. The largest absolute Gasteiger partial charge is 0.468 e. The fourth-order valence-electron chi connectivity index (χ4n) is 1.57. The maximum atomic E-state index is 11.3. The van der Waals surface area contributed by atoms with Crippen LogP contribution >= 0.6 is 0 Å². The molecule has 1 rings (SSSR count). The van der Waals surface area contributed by atoms with E-state index in [-0.39, 0.29) is 5.97 Å². The molecule has 5 heteroatoms. The highest BCUT2D eigenvalue weighted by molar-refractivity contribution is 5.75. The van der Waals surface area contributed by atoms with E-state index in [0.717, 1.165) is 12.0 Å². The Hall–Kier alpha value is -1.88. The zero-order valence-electron chi connectivity index (χ0n) is 11.2. The number of hydrogen-bond donors (Lipinski definition) is 1. The van der Waals surface area contributed by atoms with Crippen LogP contribution in [0, 0.1) is 0 Å². The minimum Gasteiger partial charge on any atom is -0.468 e. The monoisotopic (exact) mass is 265 g/mol. The molecule has 1 atom stereocenters. The zero-order chi connectivity index (χ0) is 14.3. The zero-order valence-corrected chi connectivity index (χ0v) is 11.2. The maximum absolute atomic E-state index is 11.3. The van der Waals surface area contributed by atoms with Crippen LogP contribution in [-0.4, -0.2) is 25.1 Å². The van der Waals surface area contributed by atoms with Gasteiger partial charge in [-0.05, 0) is 30.5 Å². The van der Waals surface area contributed by atoms with Gasteiger partial charge in [-0.3, -0.25) is 9.59 Å². The maximum Gasteiger partial charge on any atom is 0.322 e. The van der Waals surface area contributed by atoms with Crippen molar-refractivity contribution in [1.82, 2.24) is 0 Å². The molecule has 0 aliphatic carbocycles. The highest BCUT2D eigenvalue weighted by atomic mass is 16.5. The second-order valence-electron chi connectivity index (χ2n) is 4.20. The van der Waals surface area contributed by atoms with Crippen LogP contribution < -0.4 is 10.5 Å². The van der Waals surface area contributed by atoms with Crippen LogP contribution in [0.4, 0.5) is 0 Å². The van der Waals surface area contributed by atoms with Crippen molar-refractivity contribution < 1.29 is 19.1 Å². The first kappa shape index (κ1) is 15.2. The Morgan fingerprint density at radius 2 is 1.89 bits per heavy atom. The number of hydrogen-bond acceptors (Lipinski definition) is 5. The predicted octanol–water partition coefficient (Wildman–Crippen LogP) is 1.43. The summed E-state index contributed by atoms with van der Waals surface area (Å²) in [6.07, 6.45) is 1.54. The molecule has 0 bridgehead atoms. The van der Waals surface area contributed by atoms with Crippen molar-refractivity contribution in [2.75, 3.05) is 7.11 Å². The van der Waals surface area contributed by atoms with Gasteiger partial charge in [0, 0.05) is 6.42 Å². The van der Waals surface area contributed by atoms with Gasteiger partial charge in [0.15, 0.2) is 0 Å². The summed E-state index contributed by atoms with van der Waals surface area (Å²) in [6.45, 7) is 1.92. The lowest BCUT2D eigenvalue weighted by Crippen LogP contribution is -2.33. The summed E-state index contributed by atoms with van der Waals surface area (Å²) in [4.78, 5) is 22.5. The van der Waals surface area contributed by atoms with Crippen molar-refractivity contribution in [3.63, 3.8) is 0 Å². The van der Waals surface area contributed by atoms with Gasteiger partial charge in [-0.15, -0.1) is 0 Å². The van der Waals surface area contributed by atoms with Gasteiger partial charge in [0.25, 0.3) is 0 Å². The van der Waals surface area contributed by atoms with E-state index < -0.39 is 12.0 Å². The van der Waals surface area contributed by atoms with Crippen molar-refractivity contribution in [1.29, 1.82) is 0 Å². The molecule has 19 heavy (non-hydrogen) atoms. The third kappa shape index (κ3) is 5.09. The summed E-state index contributed by atoms with van der Waals surface area (Å²) in [5.74, 6) is -0.200. The molecule has 0 saturated heterocycles. The van der Waals surface area contributed by atoms with Crippen LogP contribution in [0.2, 0.25) is 0 Å². The van der Waals surface area contributed by atoms with Crippen molar-refractivity contribution in [2.24, 2.45) is 5.73 Å². The first-order valence-electron chi connectivity index (χ1n) is 6.19. The van der Waals surface area contributed by atoms with E-state index >= 15 is 0 Å². The van der Waals surface area contributed by atoms with Crippen molar-refractivity contribution in [2.45, 2.75) is 32.2 Å². The van der Waals surface area contributed by atoms with Crippen LogP contribution in [-0.2, 0) is 20.7 Å². The average Bonchev–Trinajstić information content (AvgIpc) is 2.40. The first-order chi connectivity index (χ1) is 9.06. The van der Waals surface area contributed by atoms with Crippen LogP contribution in [0.25, 0.3) is 0 Å². The van der Waals surface area contributed by atoms with Gasteiger partial charge in [0.1, 0.15) is 11.8 Å². The number of rotatable bonds is 6. The van der Waals surface area contributed by atoms with Crippen LogP contribution in [0.15, 0.2) is 24.3 Å². The highest BCUT2D eigenvalue weighted by Gasteiger charge is 2.14. The van der Waals surface area contributed by atoms with E-state index in [1.807, 2.05) is 6.92 Å². The molecule has 0 amide bonds. The lowest BCUT2D eigenvalue weighted by atomic mass is 10.1. The molecule has 1 aromatic rings. The third-order valence-electron chi connectivity index (χ3n) is 2.57. The molecule has 0 aromatic heterocycles. The topological polar surface area (TPSA) is 78.6 Å². The highest BCUT2D eigenvalue weighted by Crippen LogP contribution is 2.14. The van der Waals surface area contributed by atoms with E-state index in [4.69, 9.17) is 10.5 Å². The van der Waals surface area contributed by atoms with Crippen LogP contribution in [0.3, 0.4) is 0 Å². The van der Waals surface area contributed by atoms with Gasteiger partial charge in [-0.25, -0.2) is 0 Å². The molecule has 5 nitrogen and oxygen atoms in total. The van der Waals surface area contributed by atoms with Gasteiger partial charge in [0.05, 0.1) is 7.11 Å². The molecular formula is C14H19NO4. The van der Waals surface area contributed by atoms with Crippen molar-refractivity contribution in [3.8, 4) is 5.75 Å². The minimum absolute atomic E-state index is 0.249. The molecular weight excluding hydrogens is 246 g/mol. The van der Waals surface area contributed by atoms with Gasteiger partial charge < -0.3 is 15.2 Å². The molecule has 0 radical (unpaired) electrons. The Labute approximate surface area is 112 Å². The van der Waals surface area contributed by atoms with Gasteiger partial charge in [-0.1, -0.05) is 19.1 Å². The predicted molar refractivity (Wildman–Crippen MR) is 70.7 cm³/mol. The smallest absolute Gasteiger partial charge is 0.322 e. The summed E-state index contributed by atoms with van der Waals surface area (Å²) in [7, 11) is 1.30. The summed E-state index contributed by atoms with van der Waals surface area (Å²) in [5.41, 5.74) is 6.54. The molecule has 0 unspecified atom stereocenters. The van der Waals surface area contributed by atoms with E-state index in [2.05, 4.69) is 4.74 Å². The number of esters is 2. The van der Waals surface area contributed by atoms with E-state index in [1.165, 1.54) is 7.11 Å². The SMILES string of the molecule is CCCC(=O)Oc1ccc(C[C@H](N)C(=O)OC)cc1. The normalized spacial score (nSPS) is 11.7. The summed E-state index contributed by atoms with van der Waals surface area (Å²) >= 11 is 0. The molecule has 0 heterocycles. The minimum atomic E-state index is -0.682. The number of carbonyl (C=O) groups is 2. The lowest BCUT2D eigenvalue weighted by molar-refractivity contribution is -0.142. The summed E-state index contributed by atoms with van der Waals surface area (Å²) < 4.78 is 9.68. The van der Waals surface area contributed by atoms with Gasteiger partial charge >= 0.3 is 11.9 Å². The molecule has 0 fully saturated rings. The Morgan fingerprint density at radius 1 is 1.26 bits per heavy atom. The first-order valence-corrected chi connectivity index (χ1v) is 6.19. The van der Waals surface area contributed by atoms with Crippen LogP contribution in [0.5, 0.6) is 5.75 Å². The quantitative estimate of drug-likeness (QED) is 0.622. The lowest BCUT2D eigenvalue weighted by Gasteiger charge is -2.09. The number of ether oxygens (including phenoxy) is 2. The number of nitrogens with two attached hydrogens (primary N) is 1. The second-order valence-corrected chi connectivity index (χ2v) is 4.20. The molecule has 0 aliphatic rings. The Bertz CT molecular complexity index is 428. The Balaban J connectivity index is 2.56. The molecule has 0 saturated carbocycles. The average molecular weight is 265 g/mol. The standard InChI is InChI=1S/C14H19NO4/c1-3-4-13(16)19-11-7-5-10(6-8-11)9-12(15)14(17)18-2/h5-8,12H,3-4,9,15H2,1-2H3/t12-/m0/s1. The fraction of sp³-hybridized carbons (Fsp3) is 0.429. The third-order valence-corrected chi connectivity index (χ3v) is 2.57. The van der Waals surface area contributed by atoms with Crippen molar-refractivity contribution >= 4 is 11.9 Å². The Kier molecular flexibility index (Phi) is 6.02. The summed E-state index contributed by atoms with van der Waals surface area (Å²) in [5, 5.41) is 0. The van der Waals surface area contributed by atoms with Crippen LogP contribution in [0.1, 0.15) is 25.3 Å². The number of benzene rings is 1. The molecule has 0 aliphatic heterocycles. The fourth-order valence-corrected chi connectivity index (χ4v) is 1.57. The van der Waals surface area contributed by atoms with E-state index in [1.54, 1.807) is 24.3 Å². The molecule has 1 aromatic carbocycles. The molecule has 0 spiro atoms. The second kappa shape index (κ2) is 7.53. The van der Waals surface area contributed by atoms with Crippen molar-refractivity contribution in [3.05, 3.63) is 29.8 Å². The molecule has 104 valence electrons. The van der Waals surface area contributed by atoms with E-state index in [9.17, 15) is 9.59 Å². The number of methoxy groups -OCH3 is 1. The van der Waals surface area contributed by atoms with Gasteiger partial charge in [0.2, 0.25) is 0 Å².